The normalized spacial score (nSPS) is 14.9. The molecule has 2 aromatic heterocycles. The van der Waals surface area contributed by atoms with E-state index >= 15 is 0 Å². The van der Waals surface area contributed by atoms with Gasteiger partial charge in [-0.2, -0.15) is 0 Å². The van der Waals surface area contributed by atoms with Crippen LogP contribution in [0.3, 0.4) is 0 Å². The van der Waals surface area contributed by atoms with Crippen LogP contribution in [0.1, 0.15) is 59.9 Å². The average Bonchev–Trinajstić information content (AvgIpc) is 3.11. The summed E-state index contributed by atoms with van der Waals surface area (Å²) in [4.78, 5) is 92.2. The Kier molecular flexibility index (Phi) is 11.6. The molecule has 0 spiro atoms. The second kappa shape index (κ2) is 16.2. The van der Waals surface area contributed by atoms with Crippen LogP contribution in [0, 0.1) is 6.92 Å². The van der Waals surface area contributed by atoms with E-state index in [0.717, 1.165) is 18.4 Å². The van der Waals surface area contributed by atoms with E-state index in [1.54, 1.807) is 12.1 Å². The number of amides is 4. The Morgan fingerprint density at radius 3 is 2.54 bits per heavy atom. The van der Waals surface area contributed by atoms with Gasteiger partial charge in [-0.1, -0.05) is 19.4 Å². The fourth-order valence-corrected chi connectivity index (χ4v) is 5.82. The van der Waals surface area contributed by atoms with E-state index in [-0.39, 0.29) is 75.1 Å². The van der Waals surface area contributed by atoms with Crippen molar-refractivity contribution in [2.45, 2.75) is 58.5 Å². The maximum atomic E-state index is 13.6. The number of piperazine rings is 1. The molecule has 0 unspecified atom stereocenters. The maximum Gasteiger partial charge on any atom is 0.409 e. The molecular weight excluding hydrogens is 650 g/mol. The number of pyridine rings is 1. The van der Waals surface area contributed by atoms with Gasteiger partial charge in [0.15, 0.2) is 6.61 Å². The Morgan fingerprint density at radius 2 is 1.80 bits per heavy atom. The Hall–Kier alpha value is -5.54. The van der Waals surface area contributed by atoms with Gasteiger partial charge in [0.1, 0.15) is 17.5 Å². The van der Waals surface area contributed by atoms with Crippen molar-refractivity contribution in [2.75, 3.05) is 45.9 Å². The van der Waals surface area contributed by atoms with Crippen molar-refractivity contribution in [2.24, 2.45) is 0 Å². The summed E-state index contributed by atoms with van der Waals surface area (Å²) in [5.74, 6) is -2.49. The molecule has 0 saturated carbocycles. The van der Waals surface area contributed by atoms with Crippen molar-refractivity contribution in [3.05, 3.63) is 63.5 Å². The van der Waals surface area contributed by atoms with Gasteiger partial charge in [-0.3, -0.25) is 24.0 Å². The summed E-state index contributed by atoms with van der Waals surface area (Å²) < 4.78 is 11.2. The molecule has 3 N–H and O–H groups in total. The number of aromatic nitrogens is 3. The fourth-order valence-electron chi connectivity index (χ4n) is 5.82. The quantitative estimate of drug-likeness (QED) is 0.233. The Labute approximate surface area is 287 Å². The van der Waals surface area contributed by atoms with Crippen LogP contribution in [0.5, 0.6) is 5.75 Å². The number of carbonyl (C=O) groups excluding carboxylic acids is 4. The average molecular weight is 692 g/mol. The number of carboxylic acids is 1. The summed E-state index contributed by atoms with van der Waals surface area (Å²) in [7, 11) is 0. The highest BCUT2D eigenvalue weighted by Crippen LogP contribution is 2.27. The molecule has 1 atom stereocenters. The zero-order valence-corrected chi connectivity index (χ0v) is 28.1. The Morgan fingerprint density at radius 1 is 1.04 bits per heavy atom. The molecule has 266 valence electrons. The van der Waals surface area contributed by atoms with E-state index in [9.17, 15) is 33.9 Å². The van der Waals surface area contributed by atoms with E-state index in [1.165, 1.54) is 27.1 Å². The van der Waals surface area contributed by atoms with Crippen LogP contribution in [0.25, 0.3) is 10.9 Å². The van der Waals surface area contributed by atoms with E-state index in [4.69, 9.17) is 9.47 Å². The number of nitrogens with zero attached hydrogens (tertiary/aromatic N) is 5. The predicted octanol–water partition coefficient (Wildman–Crippen LogP) is 1.63. The lowest BCUT2D eigenvalue weighted by Gasteiger charge is -2.36. The summed E-state index contributed by atoms with van der Waals surface area (Å²) in [5.41, 5.74) is 1.95. The highest BCUT2D eigenvalue weighted by atomic mass is 16.6. The van der Waals surface area contributed by atoms with Crippen LogP contribution in [0.2, 0.25) is 0 Å². The number of hydrogen-bond donors (Lipinski definition) is 3. The molecule has 2 aliphatic heterocycles. The summed E-state index contributed by atoms with van der Waals surface area (Å²) in [5, 5.41) is 12.6. The second-order valence-electron chi connectivity index (χ2n) is 12.3. The third-order valence-corrected chi connectivity index (χ3v) is 8.69. The van der Waals surface area contributed by atoms with Gasteiger partial charge in [-0.15, -0.1) is 0 Å². The van der Waals surface area contributed by atoms with E-state index in [0.29, 0.717) is 41.7 Å². The fraction of sp³-hybridized carbons (Fsp3) is 0.471. The topological polar surface area (TPSA) is 204 Å². The molecule has 1 saturated heterocycles. The molecule has 16 nitrogen and oxygen atoms in total. The molecule has 50 heavy (non-hydrogen) atoms. The van der Waals surface area contributed by atoms with E-state index in [1.807, 2.05) is 19.9 Å². The monoisotopic (exact) mass is 691 g/mol. The number of carboxylic acid groups (broad SMARTS) is 1. The van der Waals surface area contributed by atoms with Crippen LogP contribution in [-0.4, -0.2) is 117 Å². The first kappa shape index (κ1) is 35.8. The van der Waals surface area contributed by atoms with Crippen molar-refractivity contribution in [1.82, 2.24) is 35.0 Å². The maximum absolute atomic E-state index is 13.6. The lowest BCUT2D eigenvalue weighted by atomic mass is 10.1. The number of ether oxygens (including phenoxy) is 2. The number of fused-ring (bicyclic) bond motifs is 2. The van der Waals surface area contributed by atoms with Crippen molar-refractivity contribution in [3.63, 3.8) is 0 Å². The molecule has 0 bridgehead atoms. The van der Waals surface area contributed by atoms with Crippen molar-refractivity contribution >= 4 is 40.7 Å². The Balaban J connectivity index is 1.29. The molecule has 3 aromatic rings. The molecule has 1 fully saturated rings. The van der Waals surface area contributed by atoms with E-state index in [2.05, 4.69) is 20.3 Å². The summed E-state index contributed by atoms with van der Waals surface area (Å²) in [6, 6.07) is 5.55. The highest BCUT2D eigenvalue weighted by molar-refractivity contribution is 5.99. The first-order valence-corrected chi connectivity index (χ1v) is 16.6. The predicted molar refractivity (Wildman–Crippen MR) is 178 cm³/mol. The first-order chi connectivity index (χ1) is 24.0. The van der Waals surface area contributed by atoms with Gasteiger partial charge in [0.05, 0.1) is 36.3 Å². The molecular formula is C34H41N7O9. The van der Waals surface area contributed by atoms with Crippen molar-refractivity contribution in [1.29, 1.82) is 0 Å². The number of aromatic amines is 1. The minimum Gasteiger partial charge on any atom is -0.483 e. The smallest absolute Gasteiger partial charge is 0.409 e. The number of benzene rings is 1. The third-order valence-electron chi connectivity index (χ3n) is 8.69. The second-order valence-corrected chi connectivity index (χ2v) is 12.3. The molecule has 16 heteroatoms. The molecule has 5 rings (SSSR count). The molecule has 2 aliphatic rings. The number of nitrogens with one attached hydrogen (secondary N) is 2. The molecule has 0 aliphatic carbocycles. The lowest BCUT2D eigenvalue weighted by molar-refractivity contribution is -0.138. The van der Waals surface area contributed by atoms with E-state index < -0.39 is 29.9 Å². The largest absolute Gasteiger partial charge is 0.483 e. The SMILES string of the molecule is CCCCOC(=O)N1CCN(C(=O)[C@H](CCC(=O)O)NC(=O)c2cc(OCC(=O)N3CCc4nc[nH]c(=O)c4C3)c3ccc(C)cc3n2)CC1. The van der Waals surface area contributed by atoms with Crippen LogP contribution >= 0.6 is 0 Å². The standard InChI is InChI=1S/C34H41N7O9/c1-3-4-15-49-34(48)40-13-11-39(12-14-40)33(47)25(7-8-30(43)44)38-32(46)27-17-28(22-6-5-21(2)16-26(22)37-27)50-19-29(42)41-10-9-24-23(18-41)31(45)36-20-35-24/h5-6,16-17,20,25H,3-4,7-15,18-19H2,1-2H3,(H,38,46)(H,43,44)(H,35,36,45)/t25-/m0/s1. The van der Waals surface area contributed by atoms with Gasteiger partial charge in [0.25, 0.3) is 17.4 Å². The molecule has 1 aromatic carbocycles. The van der Waals surface area contributed by atoms with Gasteiger partial charge in [-0.25, -0.2) is 14.8 Å². The van der Waals surface area contributed by atoms with Crippen LogP contribution < -0.4 is 15.6 Å². The lowest BCUT2D eigenvalue weighted by Crippen LogP contribution is -2.56. The summed E-state index contributed by atoms with van der Waals surface area (Å²) in [6.45, 7) is 5.09. The number of carbonyl (C=O) groups is 5. The van der Waals surface area contributed by atoms with Gasteiger partial charge in [-0.05, 0) is 37.5 Å². The van der Waals surface area contributed by atoms with Gasteiger partial charge >= 0.3 is 12.1 Å². The Bertz CT molecular complexity index is 1820. The number of hydrogen-bond acceptors (Lipinski definition) is 10. The van der Waals surface area contributed by atoms with Crippen molar-refractivity contribution in [3.8, 4) is 5.75 Å². The zero-order chi connectivity index (χ0) is 35.8. The minimum atomic E-state index is -1.18. The summed E-state index contributed by atoms with van der Waals surface area (Å²) >= 11 is 0. The van der Waals surface area contributed by atoms with Crippen LogP contribution in [0.4, 0.5) is 4.79 Å². The number of aryl methyl sites for hydroxylation is 1. The minimum absolute atomic E-state index is 0.0918. The number of aliphatic carboxylic acids is 1. The first-order valence-electron chi connectivity index (χ1n) is 16.6. The number of unbranched alkanes of at least 4 members (excludes halogenated alkanes) is 1. The van der Waals surface area contributed by atoms with Gasteiger partial charge < -0.3 is 39.6 Å². The molecule has 4 amide bonds. The van der Waals surface area contributed by atoms with Crippen molar-refractivity contribution < 1.29 is 38.6 Å². The molecule has 4 heterocycles. The van der Waals surface area contributed by atoms with Gasteiger partial charge in [0, 0.05) is 57.0 Å². The summed E-state index contributed by atoms with van der Waals surface area (Å²) in [6.07, 6.45) is 2.42. The number of rotatable bonds is 12. The third kappa shape index (κ3) is 8.73. The molecule has 0 radical (unpaired) electrons. The highest BCUT2D eigenvalue weighted by Gasteiger charge is 2.32. The van der Waals surface area contributed by atoms with Gasteiger partial charge in [0.2, 0.25) is 5.91 Å². The number of H-pyrrole nitrogens is 1. The zero-order valence-electron chi connectivity index (χ0n) is 28.1. The van der Waals surface area contributed by atoms with Crippen LogP contribution in [-0.2, 0) is 32.1 Å². The van der Waals surface area contributed by atoms with Crippen LogP contribution in [0.15, 0.2) is 35.4 Å².